The molecule has 2 aromatic carbocycles. The number of H-pyrrole nitrogens is 1. The van der Waals surface area contributed by atoms with Crippen molar-refractivity contribution in [3.05, 3.63) is 77.3 Å². The van der Waals surface area contributed by atoms with E-state index in [1.807, 2.05) is 43.6 Å². The van der Waals surface area contributed by atoms with Crippen LogP contribution in [0.5, 0.6) is 0 Å². The predicted octanol–water partition coefficient (Wildman–Crippen LogP) is 5.34. The molecule has 0 bridgehead atoms. The highest BCUT2D eigenvalue weighted by Crippen LogP contribution is 2.21. The van der Waals surface area contributed by atoms with Gasteiger partial charge < -0.3 is 15.6 Å². The van der Waals surface area contributed by atoms with Gasteiger partial charge in [0, 0.05) is 11.7 Å². The summed E-state index contributed by atoms with van der Waals surface area (Å²) in [6.07, 6.45) is 0.657. The van der Waals surface area contributed by atoms with Crippen LogP contribution in [0.1, 0.15) is 31.3 Å². The molecule has 3 rings (SSSR count). The van der Waals surface area contributed by atoms with E-state index in [2.05, 4.69) is 58.4 Å². The lowest BCUT2D eigenvalue weighted by Crippen LogP contribution is -2.11. The lowest BCUT2D eigenvalue weighted by molar-refractivity contribution is -0.105. The summed E-state index contributed by atoms with van der Waals surface area (Å²) in [5.74, 6) is 0.822. The Morgan fingerprint density at radius 2 is 2.00 bits per heavy atom. The molecular weight excluding hydrogens is 368 g/mol. The molecule has 3 aromatic rings. The van der Waals surface area contributed by atoms with Gasteiger partial charge in [0.2, 0.25) is 6.41 Å². The second kappa shape index (κ2) is 11.1. The largest absolute Gasteiger partial charge is 0.338 e. The van der Waals surface area contributed by atoms with Gasteiger partial charge in [-0.15, -0.1) is 11.8 Å². The molecule has 0 fully saturated rings. The maximum atomic E-state index is 10.4. The molecule has 0 saturated heterocycles. The SMILES string of the molecule is C=CS/C=C(\C)c1nc2ccc(NC=O)cc2[nH]1.CNC(C)c1ccccc1. The van der Waals surface area contributed by atoms with Gasteiger partial charge in [-0.3, -0.25) is 4.79 Å². The van der Waals surface area contributed by atoms with Crippen LogP contribution in [0.25, 0.3) is 16.6 Å². The molecule has 3 N–H and O–H groups in total. The van der Waals surface area contributed by atoms with Crippen molar-refractivity contribution in [3.63, 3.8) is 0 Å². The zero-order valence-corrected chi connectivity index (χ0v) is 17.2. The number of fused-ring (bicyclic) bond motifs is 1. The van der Waals surface area contributed by atoms with Crippen molar-refractivity contribution >= 4 is 40.5 Å². The predicted molar refractivity (Wildman–Crippen MR) is 121 cm³/mol. The fraction of sp³-hybridized carbons (Fsp3) is 0.182. The Morgan fingerprint density at radius 3 is 2.64 bits per heavy atom. The Balaban J connectivity index is 0.000000237. The molecule has 1 amide bonds. The first-order valence-electron chi connectivity index (χ1n) is 8.94. The number of benzene rings is 2. The number of hydrogen-bond acceptors (Lipinski definition) is 4. The number of thioether (sulfide) groups is 1. The molecule has 1 aromatic heterocycles. The number of allylic oxidation sites excluding steroid dienone is 1. The van der Waals surface area contributed by atoms with Crippen LogP contribution in [0.2, 0.25) is 0 Å². The molecule has 0 aliphatic rings. The van der Waals surface area contributed by atoms with Crippen LogP contribution in [0.4, 0.5) is 5.69 Å². The summed E-state index contributed by atoms with van der Waals surface area (Å²) >= 11 is 1.52. The van der Waals surface area contributed by atoms with E-state index >= 15 is 0 Å². The number of anilines is 1. The molecule has 0 aliphatic heterocycles. The second-order valence-electron chi connectivity index (χ2n) is 6.10. The number of hydrogen-bond donors (Lipinski definition) is 3. The Labute approximate surface area is 170 Å². The number of carbonyl (C=O) groups is 1. The Bertz CT molecular complexity index is 934. The molecule has 0 radical (unpaired) electrons. The van der Waals surface area contributed by atoms with Gasteiger partial charge in [-0.25, -0.2) is 4.98 Å². The van der Waals surface area contributed by atoms with Crippen LogP contribution < -0.4 is 10.6 Å². The van der Waals surface area contributed by atoms with E-state index in [9.17, 15) is 4.79 Å². The number of carbonyl (C=O) groups excluding carboxylic acids is 1. The van der Waals surface area contributed by atoms with Gasteiger partial charge in [0.05, 0.1) is 11.0 Å². The van der Waals surface area contributed by atoms with E-state index in [1.54, 1.807) is 5.41 Å². The van der Waals surface area contributed by atoms with Crippen molar-refractivity contribution in [2.45, 2.75) is 19.9 Å². The lowest BCUT2D eigenvalue weighted by Gasteiger charge is -2.08. The maximum absolute atomic E-state index is 10.4. The molecule has 1 atom stereocenters. The van der Waals surface area contributed by atoms with Gasteiger partial charge in [-0.1, -0.05) is 36.9 Å². The summed E-state index contributed by atoms with van der Waals surface area (Å²) in [7, 11) is 1.97. The molecule has 0 saturated carbocycles. The zero-order chi connectivity index (χ0) is 20.4. The minimum absolute atomic E-state index is 0.459. The molecular formula is C22H26N4OS. The highest BCUT2D eigenvalue weighted by atomic mass is 32.2. The number of aromatic nitrogens is 2. The fourth-order valence-electron chi connectivity index (χ4n) is 2.47. The molecule has 5 nitrogen and oxygen atoms in total. The lowest BCUT2D eigenvalue weighted by atomic mass is 10.1. The van der Waals surface area contributed by atoms with E-state index in [4.69, 9.17) is 0 Å². The summed E-state index contributed by atoms with van der Waals surface area (Å²) in [6.45, 7) is 7.78. The standard InChI is InChI=1S/C13H13N3OS.C9H13N/c1-3-18-7-9(2)13-15-11-5-4-10(14-8-17)6-12(11)16-13;1-8(10-2)9-6-4-3-5-7-9/h3-8H,1H2,2H3,(H,14,17)(H,15,16);3-8,10H,1-2H3/b9-7+;. The van der Waals surface area contributed by atoms with E-state index in [1.165, 1.54) is 17.3 Å². The van der Waals surface area contributed by atoms with Gasteiger partial charge in [0.1, 0.15) is 5.82 Å². The summed E-state index contributed by atoms with van der Waals surface area (Å²) in [5.41, 5.74) is 4.90. The summed E-state index contributed by atoms with van der Waals surface area (Å²) in [6, 6.07) is 16.4. The smallest absolute Gasteiger partial charge is 0.211 e. The number of aromatic amines is 1. The number of imidazole rings is 1. The Hall–Kier alpha value is -2.83. The van der Waals surface area contributed by atoms with Crippen molar-refractivity contribution in [1.82, 2.24) is 15.3 Å². The minimum Gasteiger partial charge on any atom is -0.338 e. The summed E-state index contributed by atoms with van der Waals surface area (Å²) < 4.78 is 0. The van der Waals surface area contributed by atoms with Crippen LogP contribution in [-0.4, -0.2) is 23.4 Å². The first kappa shape index (κ1) is 21.5. The fourth-order valence-corrected chi connectivity index (χ4v) is 2.88. The number of rotatable bonds is 7. The molecule has 1 heterocycles. The molecule has 0 aliphatic carbocycles. The molecule has 1 unspecified atom stereocenters. The molecule has 0 spiro atoms. The van der Waals surface area contributed by atoms with Crippen LogP contribution in [0.15, 0.2) is 65.9 Å². The van der Waals surface area contributed by atoms with Crippen molar-refractivity contribution in [2.75, 3.05) is 12.4 Å². The van der Waals surface area contributed by atoms with Gasteiger partial charge >= 0.3 is 0 Å². The third-order valence-electron chi connectivity index (χ3n) is 4.15. The van der Waals surface area contributed by atoms with Crippen LogP contribution >= 0.6 is 11.8 Å². The third kappa shape index (κ3) is 6.11. The third-order valence-corrected chi connectivity index (χ3v) is 4.84. The van der Waals surface area contributed by atoms with E-state index in [-0.39, 0.29) is 0 Å². The Morgan fingerprint density at radius 1 is 1.25 bits per heavy atom. The van der Waals surface area contributed by atoms with E-state index in [0.29, 0.717) is 12.5 Å². The van der Waals surface area contributed by atoms with Crippen LogP contribution in [0, 0.1) is 0 Å². The monoisotopic (exact) mass is 394 g/mol. The van der Waals surface area contributed by atoms with Crippen LogP contribution in [0.3, 0.4) is 0 Å². The van der Waals surface area contributed by atoms with Gasteiger partial charge in [-0.2, -0.15) is 0 Å². The maximum Gasteiger partial charge on any atom is 0.211 e. The normalized spacial score (nSPS) is 12.0. The molecule has 146 valence electrons. The van der Waals surface area contributed by atoms with Gasteiger partial charge in [-0.05, 0) is 61.0 Å². The topological polar surface area (TPSA) is 69.8 Å². The second-order valence-corrected chi connectivity index (χ2v) is 6.95. The van der Waals surface area contributed by atoms with Crippen molar-refractivity contribution in [1.29, 1.82) is 0 Å². The Kier molecular flexibility index (Phi) is 8.52. The minimum atomic E-state index is 0.459. The first-order valence-corrected chi connectivity index (χ1v) is 9.89. The van der Waals surface area contributed by atoms with Gasteiger partial charge in [0.15, 0.2) is 0 Å². The highest BCUT2D eigenvalue weighted by molar-refractivity contribution is 8.05. The number of amides is 1. The average molecular weight is 395 g/mol. The summed E-state index contributed by atoms with van der Waals surface area (Å²) in [4.78, 5) is 18.1. The highest BCUT2D eigenvalue weighted by Gasteiger charge is 2.05. The van der Waals surface area contributed by atoms with Gasteiger partial charge in [0.25, 0.3) is 0 Å². The number of nitrogens with zero attached hydrogens (tertiary/aromatic N) is 1. The van der Waals surface area contributed by atoms with Crippen LogP contribution in [-0.2, 0) is 4.79 Å². The summed E-state index contributed by atoms with van der Waals surface area (Å²) in [5, 5.41) is 9.54. The van der Waals surface area contributed by atoms with Crippen molar-refractivity contribution in [3.8, 4) is 0 Å². The average Bonchev–Trinajstić information content (AvgIpc) is 3.16. The zero-order valence-electron chi connectivity index (χ0n) is 16.4. The number of nitrogens with one attached hydrogen (secondary N) is 3. The van der Waals surface area contributed by atoms with Crippen molar-refractivity contribution < 1.29 is 4.79 Å². The van der Waals surface area contributed by atoms with E-state index < -0.39 is 0 Å². The van der Waals surface area contributed by atoms with Crippen molar-refractivity contribution in [2.24, 2.45) is 0 Å². The quantitative estimate of drug-likeness (QED) is 0.473. The molecule has 28 heavy (non-hydrogen) atoms. The first-order chi connectivity index (χ1) is 13.6. The van der Waals surface area contributed by atoms with E-state index in [0.717, 1.165) is 28.1 Å². The molecule has 6 heteroatoms.